The molecule has 9 nitrogen and oxygen atoms in total. The molecule has 1 aromatic carbocycles. The third-order valence-corrected chi connectivity index (χ3v) is 6.63. The first kappa shape index (κ1) is 20.2. The van der Waals surface area contributed by atoms with Crippen LogP contribution in [-0.2, 0) is 14.4 Å². The summed E-state index contributed by atoms with van der Waals surface area (Å²) in [5.41, 5.74) is 0.110. The zero-order chi connectivity index (χ0) is 22.6. The van der Waals surface area contributed by atoms with Gasteiger partial charge < -0.3 is 9.73 Å². The van der Waals surface area contributed by atoms with Gasteiger partial charge in [-0.05, 0) is 43.4 Å². The monoisotopic (exact) mass is 435 g/mol. The molecule has 0 spiro atoms. The lowest BCUT2D eigenvalue weighted by molar-refractivity contribution is -0.384. The molecule has 2 aromatic rings. The number of amides is 3. The number of aryl methyl sites for hydroxylation is 1. The molecule has 1 aliphatic heterocycles. The average molecular weight is 435 g/mol. The van der Waals surface area contributed by atoms with Gasteiger partial charge in [0.2, 0.25) is 17.7 Å². The van der Waals surface area contributed by atoms with Crippen molar-refractivity contribution in [1.82, 2.24) is 4.90 Å². The van der Waals surface area contributed by atoms with E-state index in [0.29, 0.717) is 11.5 Å². The Morgan fingerprint density at radius 3 is 2.47 bits per heavy atom. The molecular formula is C23H21N3O6. The number of allylic oxidation sites excluding steroid dienone is 2. The van der Waals surface area contributed by atoms with E-state index in [9.17, 15) is 24.5 Å². The minimum absolute atomic E-state index is 0.0594. The predicted molar refractivity (Wildman–Crippen MR) is 112 cm³/mol. The van der Waals surface area contributed by atoms with Crippen LogP contribution < -0.4 is 5.32 Å². The van der Waals surface area contributed by atoms with Gasteiger partial charge in [0.25, 0.3) is 5.69 Å². The molecule has 32 heavy (non-hydrogen) atoms. The second-order valence-electron chi connectivity index (χ2n) is 8.57. The second-order valence-corrected chi connectivity index (χ2v) is 8.57. The minimum atomic E-state index is -0.882. The fraction of sp³-hybridized carbons (Fsp3) is 0.348. The first-order chi connectivity index (χ1) is 15.3. The lowest BCUT2D eigenvalue weighted by Gasteiger charge is -2.26. The molecule has 5 unspecified atom stereocenters. The van der Waals surface area contributed by atoms with E-state index in [0.717, 1.165) is 6.42 Å². The van der Waals surface area contributed by atoms with Crippen LogP contribution in [-0.4, -0.2) is 27.5 Å². The van der Waals surface area contributed by atoms with E-state index in [4.69, 9.17) is 4.42 Å². The number of rotatable bonds is 6. The summed E-state index contributed by atoms with van der Waals surface area (Å²) >= 11 is 0. The number of nitro groups is 1. The van der Waals surface area contributed by atoms with Crippen molar-refractivity contribution < 1.29 is 23.7 Å². The Bertz CT molecular complexity index is 1140. The van der Waals surface area contributed by atoms with Gasteiger partial charge in [0.05, 0.1) is 23.2 Å². The van der Waals surface area contributed by atoms with Gasteiger partial charge >= 0.3 is 0 Å². The third kappa shape index (κ3) is 3.21. The number of carbonyl (C=O) groups is 3. The SMILES string of the molecule is Cc1ccc(C(CC(=O)Nc2cccc([N+](=O)[O-])c2)N2C(=O)C3C4C=CC(C4)C3C2=O)o1. The Morgan fingerprint density at radius 2 is 1.88 bits per heavy atom. The van der Waals surface area contributed by atoms with Gasteiger partial charge in [0, 0.05) is 17.8 Å². The molecule has 1 N–H and O–H groups in total. The summed E-state index contributed by atoms with van der Waals surface area (Å²) in [6, 6.07) is 8.10. The Kier molecular flexibility index (Phi) is 4.69. The van der Waals surface area contributed by atoms with Crippen molar-refractivity contribution in [3.63, 3.8) is 0 Å². The Morgan fingerprint density at radius 1 is 1.19 bits per heavy atom. The van der Waals surface area contributed by atoms with Gasteiger partial charge in [-0.25, -0.2) is 0 Å². The number of carbonyl (C=O) groups excluding carboxylic acids is 3. The Hall–Kier alpha value is -3.75. The smallest absolute Gasteiger partial charge is 0.271 e. The van der Waals surface area contributed by atoms with E-state index in [1.165, 1.54) is 29.2 Å². The molecule has 3 aliphatic rings. The number of likely N-dealkylation sites (tertiary alicyclic amines) is 1. The van der Waals surface area contributed by atoms with Crippen LogP contribution in [0.25, 0.3) is 0 Å². The van der Waals surface area contributed by atoms with Crippen LogP contribution in [0.15, 0.2) is 53.0 Å². The number of nitrogens with zero attached hydrogens (tertiary/aromatic N) is 2. The lowest BCUT2D eigenvalue weighted by atomic mass is 9.85. The van der Waals surface area contributed by atoms with Crippen LogP contribution in [0.1, 0.15) is 30.4 Å². The average Bonchev–Trinajstić information content (AvgIpc) is 3.52. The van der Waals surface area contributed by atoms with E-state index in [2.05, 4.69) is 5.32 Å². The molecule has 164 valence electrons. The number of anilines is 1. The van der Waals surface area contributed by atoms with E-state index in [1.807, 2.05) is 12.2 Å². The van der Waals surface area contributed by atoms with Crippen LogP contribution in [0, 0.1) is 40.7 Å². The highest BCUT2D eigenvalue weighted by Crippen LogP contribution is 2.54. The fourth-order valence-corrected chi connectivity index (χ4v) is 5.27. The second kappa shape index (κ2) is 7.44. The van der Waals surface area contributed by atoms with Crippen molar-refractivity contribution in [1.29, 1.82) is 0 Å². The standard InChI is InChI=1S/C23H21N3O6/c1-12-5-8-18(32-12)17(11-19(27)24-15-3-2-4-16(10-15)26(30)31)25-22(28)20-13-6-7-14(9-13)21(20)23(25)29/h2-8,10,13-14,17,20-21H,9,11H2,1H3,(H,24,27). The van der Waals surface area contributed by atoms with Crippen molar-refractivity contribution in [2.45, 2.75) is 25.8 Å². The molecule has 1 aromatic heterocycles. The Labute approximate surface area is 183 Å². The van der Waals surface area contributed by atoms with Crippen LogP contribution in [0.2, 0.25) is 0 Å². The zero-order valence-corrected chi connectivity index (χ0v) is 17.3. The van der Waals surface area contributed by atoms with Gasteiger partial charge in [-0.3, -0.25) is 29.4 Å². The van der Waals surface area contributed by atoms with Crippen LogP contribution in [0.5, 0.6) is 0 Å². The molecule has 0 radical (unpaired) electrons. The summed E-state index contributed by atoms with van der Waals surface area (Å²) in [4.78, 5) is 51.1. The van der Waals surface area contributed by atoms with Gasteiger partial charge in [-0.15, -0.1) is 0 Å². The quantitative estimate of drug-likeness (QED) is 0.321. The van der Waals surface area contributed by atoms with Crippen molar-refractivity contribution >= 4 is 29.1 Å². The maximum absolute atomic E-state index is 13.3. The molecule has 2 heterocycles. The van der Waals surface area contributed by atoms with Crippen LogP contribution in [0.3, 0.4) is 0 Å². The van der Waals surface area contributed by atoms with Gasteiger partial charge in [-0.1, -0.05) is 18.2 Å². The first-order valence-electron chi connectivity index (χ1n) is 10.5. The largest absolute Gasteiger partial charge is 0.464 e. The normalized spacial score (nSPS) is 26.5. The van der Waals surface area contributed by atoms with Crippen molar-refractivity contribution in [3.05, 3.63) is 70.2 Å². The van der Waals surface area contributed by atoms with Crippen LogP contribution >= 0.6 is 0 Å². The summed E-state index contributed by atoms with van der Waals surface area (Å²) in [6.45, 7) is 1.75. The maximum Gasteiger partial charge on any atom is 0.271 e. The zero-order valence-electron chi connectivity index (χ0n) is 17.3. The maximum atomic E-state index is 13.3. The molecule has 5 atom stereocenters. The number of nitro benzene ring substituents is 1. The molecule has 5 rings (SSSR count). The number of non-ortho nitro benzene ring substituents is 1. The fourth-order valence-electron chi connectivity index (χ4n) is 5.27. The molecule has 2 bridgehead atoms. The van der Waals surface area contributed by atoms with Gasteiger partial charge in [0.15, 0.2) is 0 Å². The Balaban J connectivity index is 1.41. The summed E-state index contributed by atoms with van der Waals surface area (Å²) in [7, 11) is 0. The number of furan rings is 1. The van der Waals surface area contributed by atoms with Crippen molar-refractivity contribution in [3.8, 4) is 0 Å². The first-order valence-corrected chi connectivity index (χ1v) is 10.5. The third-order valence-electron chi connectivity index (χ3n) is 6.63. The van der Waals surface area contributed by atoms with Gasteiger partial charge in [0.1, 0.15) is 17.6 Å². The van der Waals surface area contributed by atoms with Crippen LogP contribution in [0.4, 0.5) is 11.4 Å². The van der Waals surface area contributed by atoms with Gasteiger partial charge in [-0.2, -0.15) is 0 Å². The topological polar surface area (TPSA) is 123 Å². The molecule has 1 saturated heterocycles. The highest BCUT2D eigenvalue weighted by Gasteiger charge is 2.60. The minimum Gasteiger partial charge on any atom is -0.464 e. The summed E-state index contributed by atoms with van der Waals surface area (Å²) in [5.74, 6) is -0.690. The molecule has 1 saturated carbocycles. The number of benzene rings is 1. The number of hydrogen-bond donors (Lipinski definition) is 1. The van der Waals surface area contributed by atoms with E-state index in [1.54, 1.807) is 19.1 Å². The van der Waals surface area contributed by atoms with E-state index < -0.39 is 16.9 Å². The molecule has 3 amide bonds. The lowest BCUT2D eigenvalue weighted by Crippen LogP contribution is -2.38. The predicted octanol–water partition coefficient (Wildman–Crippen LogP) is 3.37. The van der Waals surface area contributed by atoms with Crippen molar-refractivity contribution in [2.75, 3.05) is 5.32 Å². The molecular weight excluding hydrogens is 414 g/mol. The highest BCUT2D eigenvalue weighted by atomic mass is 16.6. The van der Waals surface area contributed by atoms with E-state index >= 15 is 0 Å². The van der Waals surface area contributed by atoms with E-state index in [-0.39, 0.29) is 53.3 Å². The molecule has 2 aliphatic carbocycles. The summed E-state index contributed by atoms with van der Waals surface area (Å²) in [5, 5.41) is 13.6. The molecule has 9 heteroatoms. The number of hydrogen-bond acceptors (Lipinski definition) is 6. The highest BCUT2D eigenvalue weighted by molar-refractivity contribution is 6.07. The molecule has 2 fully saturated rings. The number of nitrogens with one attached hydrogen (secondary N) is 1. The number of fused-ring (bicyclic) bond motifs is 5. The number of imide groups is 1. The summed E-state index contributed by atoms with van der Waals surface area (Å²) in [6.07, 6.45) is 4.64. The van der Waals surface area contributed by atoms with Crippen molar-refractivity contribution in [2.24, 2.45) is 23.7 Å². The summed E-state index contributed by atoms with van der Waals surface area (Å²) < 4.78 is 5.72.